The number of nitrogens with one attached hydrogen (secondary N) is 1. The molecular formula is C36H56N2OS2. The number of rotatable bonds is 12. The molecule has 0 aliphatic heterocycles. The zero-order chi connectivity index (χ0) is 29.3. The fraction of sp³-hybridized carbons (Fsp3) is 0.694. The van der Waals surface area contributed by atoms with Crippen molar-refractivity contribution in [2.24, 2.45) is 46.2 Å². The number of hydrogen-bond donors (Lipinski definition) is 2. The van der Waals surface area contributed by atoms with Crippen LogP contribution in [0.2, 0.25) is 0 Å². The third-order valence-electron chi connectivity index (χ3n) is 11.5. The van der Waals surface area contributed by atoms with Gasteiger partial charge in [0.2, 0.25) is 6.41 Å². The quantitative estimate of drug-likeness (QED) is 0.146. The number of thiophene rings is 1. The zero-order valence-electron chi connectivity index (χ0n) is 26.2. The number of carbonyl (C=O) groups is 1. The van der Waals surface area contributed by atoms with Gasteiger partial charge in [0.1, 0.15) is 0 Å². The van der Waals surface area contributed by atoms with Gasteiger partial charge in [0.25, 0.3) is 0 Å². The minimum Gasteiger partial charge on any atom is -0.372 e. The summed E-state index contributed by atoms with van der Waals surface area (Å²) >= 11 is 3.74. The maximum atomic E-state index is 8.58. The van der Waals surface area contributed by atoms with Gasteiger partial charge in [0.15, 0.2) is 0 Å². The van der Waals surface area contributed by atoms with E-state index >= 15 is 0 Å². The molecule has 1 aromatic carbocycles. The summed E-state index contributed by atoms with van der Waals surface area (Å²) in [6.07, 6.45) is 19.2. The van der Waals surface area contributed by atoms with E-state index in [0.717, 1.165) is 36.1 Å². The molecule has 5 rings (SSSR count). The van der Waals surface area contributed by atoms with E-state index in [9.17, 15) is 0 Å². The van der Waals surface area contributed by atoms with Crippen molar-refractivity contribution < 1.29 is 4.79 Å². The Hall–Kier alpha value is -1.30. The molecule has 3 fully saturated rings. The van der Waals surface area contributed by atoms with E-state index in [0.29, 0.717) is 10.8 Å². The number of unbranched alkanes of at least 4 members (excludes halogenated alkanes) is 2. The predicted molar refractivity (Wildman–Crippen MR) is 179 cm³/mol. The molecule has 0 bridgehead atoms. The van der Waals surface area contributed by atoms with Crippen molar-refractivity contribution in [2.75, 3.05) is 6.54 Å². The van der Waals surface area contributed by atoms with Crippen molar-refractivity contribution >= 4 is 29.7 Å². The fourth-order valence-corrected chi connectivity index (χ4v) is 11.3. The molecule has 3 aliphatic rings. The first-order chi connectivity index (χ1) is 19.9. The van der Waals surface area contributed by atoms with E-state index in [1.807, 2.05) is 23.3 Å². The van der Waals surface area contributed by atoms with Crippen LogP contribution in [-0.4, -0.2) is 13.0 Å². The van der Waals surface area contributed by atoms with Gasteiger partial charge in [0.05, 0.1) is 4.21 Å². The SMILES string of the molecule is CCCCCC1(C)C[C@@H](CC)CC2C3CCC(CCCNSc4ccc(-c5ccccc5)s4)C3(C)CC[C@@H]21.NC=O. The molecule has 41 heavy (non-hydrogen) atoms. The molecule has 0 spiro atoms. The maximum Gasteiger partial charge on any atom is 0.204 e. The van der Waals surface area contributed by atoms with E-state index in [-0.39, 0.29) is 6.41 Å². The molecule has 3 saturated carbocycles. The minimum absolute atomic E-state index is 0.250. The van der Waals surface area contributed by atoms with Crippen LogP contribution in [0.3, 0.4) is 0 Å². The van der Waals surface area contributed by atoms with Crippen LogP contribution >= 0.6 is 23.3 Å². The van der Waals surface area contributed by atoms with Crippen molar-refractivity contribution in [3.63, 3.8) is 0 Å². The Balaban J connectivity index is 0.00000124. The third-order valence-corrected chi connectivity index (χ3v) is 13.6. The highest BCUT2D eigenvalue weighted by molar-refractivity contribution is 7.99. The number of amides is 1. The molecule has 0 saturated heterocycles. The van der Waals surface area contributed by atoms with Gasteiger partial charge < -0.3 is 5.73 Å². The van der Waals surface area contributed by atoms with Gasteiger partial charge in [0, 0.05) is 11.4 Å². The lowest BCUT2D eigenvalue weighted by atomic mass is 9.47. The highest BCUT2D eigenvalue weighted by Gasteiger charge is 2.58. The molecule has 0 radical (unpaired) electrons. The average Bonchev–Trinajstić information content (AvgIpc) is 3.58. The molecular weight excluding hydrogens is 541 g/mol. The van der Waals surface area contributed by atoms with Gasteiger partial charge >= 0.3 is 0 Å². The fourth-order valence-electron chi connectivity index (χ4n) is 9.40. The highest BCUT2D eigenvalue weighted by Crippen LogP contribution is 2.66. The lowest BCUT2D eigenvalue weighted by Gasteiger charge is -2.58. The third kappa shape index (κ3) is 7.81. The summed E-state index contributed by atoms with van der Waals surface area (Å²) in [5, 5.41) is 0. The van der Waals surface area contributed by atoms with Crippen molar-refractivity contribution in [1.29, 1.82) is 0 Å². The summed E-state index contributed by atoms with van der Waals surface area (Å²) in [5.74, 6) is 4.93. The molecule has 1 aromatic heterocycles. The van der Waals surface area contributed by atoms with E-state index in [1.165, 1.54) is 91.7 Å². The van der Waals surface area contributed by atoms with Gasteiger partial charge in [-0.2, -0.15) is 0 Å². The number of carbonyl (C=O) groups excluding carboxylic acids is 1. The van der Waals surface area contributed by atoms with E-state index in [1.54, 1.807) is 6.42 Å². The molecule has 7 atom stereocenters. The van der Waals surface area contributed by atoms with Gasteiger partial charge in [-0.25, -0.2) is 0 Å². The molecule has 5 heteroatoms. The van der Waals surface area contributed by atoms with E-state index in [4.69, 9.17) is 4.79 Å². The largest absolute Gasteiger partial charge is 0.372 e. The second-order valence-electron chi connectivity index (χ2n) is 13.8. The molecule has 3 N–H and O–H groups in total. The Morgan fingerprint density at radius 2 is 1.80 bits per heavy atom. The number of primary amides is 1. The Morgan fingerprint density at radius 3 is 2.54 bits per heavy atom. The van der Waals surface area contributed by atoms with Crippen molar-refractivity contribution in [1.82, 2.24) is 4.72 Å². The van der Waals surface area contributed by atoms with Crippen molar-refractivity contribution in [3.05, 3.63) is 42.5 Å². The van der Waals surface area contributed by atoms with E-state index in [2.05, 4.69) is 80.6 Å². The molecule has 228 valence electrons. The smallest absolute Gasteiger partial charge is 0.204 e. The van der Waals surface area contributed by atoms with E-state index < -0.39 is 0 Å². The molecule has 2 aromatic rings. The second-order valence-corrected chi connectivity index (χ2v) is 16.1. The first-order valence-corrected chi connectivity index (χ1v) is 18.2. The lowest BCUT2D eigenvalue weighted by Crippen LogP contribution is -2.50. The summed E-state index contributed by atoms with van der Waals surface area (Å²) in [5.41, 5.74) is 6.71. The highest BCUT2D eigenvalue weighted by atomic mass is 32.2. The predicted octanol–water partition coefficient (Wildman–Crippen LogP) is 10.4. The molecule has 5 unspecified atom stereocenters. The van der Waals surface area contributed by atoms with Gasteiger partial charge in [-0.1, -0.05) is 83.7 Å². The average molecular weight is 597 g/mol. The Labute approximate surface area is 259 Å². The molecule has 1 amide bonds. The van der Waals surface area contributed by atoms with Gasteiger partial charge in [-0.3, -0.25) is 9.52 Å². The number of fused-ring (bicyclic) bond motifs is 3. The summed E-state index contributed by atoms with van der Waals surface area (Å²) in [4.78, 5) is 9.95. The Bertz CT molecular complexity index is 1060. The summed E-state index contributed by atoms with van der Waals surface area (Å²) in [6, 6.07) is 15.3. The van der Waals surface area contributed by atoms with Crippen LogP contribution in [-0.2, 0) is 4.79 Å². The summed E-state index contributed by atoms with van der Waals surface area (Å²) in [7, 11) is 0. The van der Waals surface area contributed by atoms with Crippen molar-refractivity contribution in [2.45, 2.75) is 115 Å². The number of benzene rings is 1. The van der Waals surface area contributed by atoms with Crippen LogP contribution in [0.4, 0.5) is 0 Å². The van der Waals surface area contributed by atoms with Crippen LogP contribution in [0.15, 0.2) is 46.7 Å². The van der Waals surface area contributed by atoms with Crippen molar-refractivity contribution in [3.8, 4) is 10.4 Å². The Kier molecular flexibility index (Phi) is 12.3. The monoisotopic (exact) mass is 596 g/mol. The first kappa shape index (κ1) is 32.6. The van der Waals surface area contributed by atoms with Crippen LogP contribution in [0.5, 0.6) is 0 Å². The zero-order valence-corrected chi connectivity index (χ0v) is 27.8. The van der Waals surface area contributed by atoms with Crippen LogP contribution in [0, 0.1) is 40.4 Å². The van der Waals surface area contributed by atoms with Gasteiger partial charge in [-0.15, -0.1) is 11.3 Å². The van der Waals surface area contributed by atoms with Gasteiger partial charge in [-0.05, 0) is 128 Å². The lowest BCUT2D eigenvalue weighted by molar-refractivity contribution is -0.106. The standard InChI is InChI=1S/C35H53NS2.CH3NO/c1-5-7-11-21-34(3)25-26(6-2)24-29-30(34)20-22-35(4)28(16-17-31(29)35)15-12-23-36-38-33-19-18-32(37-33)27-13-9-8-10-14-27;2-1-3/h8-10,13-14,18-19,26,28-31,36H,5-7,11-12,15-17,20-25H2,1-4H3;1H,(H2,2,3)/t26-,28?,29?,30-,31?,34?,35?;/m0./s1. The summed E-state index contributed by atoms with van der Waals surface area (Å²) in [6.45, 7) is 11.4. The topological polar surface area (TPSA) is 55.1 Å². The summed E-state index contributed by atoms with van der Waals surface area (Å²) < 4.78 is 5.07. The number of nitrogens with two attached hydrogens (primary N) is 1. The van der Waals surface area contributed by atoms with Crippen LogP contribution in [0.1, 0.15) is 111 Å². The minimum atomic E-state index is 0.250. The normalized spacial score (nSPS) is 32.4. The molecule has 3 nitrogen and oxygen atoms in total. The molecule has 3 aliphatic carbocycles. The second kappa shape index (κ2) is 15.4. The van der Waals surface area contributed by atoms with Crippen LogP contribution < -0.4 is 10.5 Å². The Morgan fingerprint density at radius 1 is 1.02 bits per heavy atom. The molecule has 1 heterocycles. The van der Waals surface area contributed by atoms with Crippen LogP contribution in [0.25, 0.3) is 10.4 Å². The maximum absolute atomic E-state index is 8.58. The first-order valence-electron chi connectivity index (χ1n) is 16.6. The number of hydrogen-bond acceptors (Lipinski definition) is 4.